The third-order valence-corrected chi connectivity index (χ3v) is 15.9. The number of carbonyl (C=O) groups excluding carboxylic acids is 5. The minimum absolute atomic E-state index is 0.0715. The van der Waals surface area contributed by atoms with E-state index in [9.17, 15) is 24.0 Å². The summed E-state index contributed by atoms with van der Waals surface area (Å²) in [5.74, 6) is -3.10. The van der Waals surface area contributed by atoms with Crippen LogP contribution in [-0.2, 0) is 38.2 Å². The first-order valence-corrected chi connectivity index (χ1v) is 26.5. The zero-order valence-corrected chi connectivity index (χ0v) is 42.9. The smallest absolute Gasteiger partial charge is 0.326 e. The number of ether oxygens (including phenoxy) is 1. The molecule has 6 aromatic carbocycles. The lowest BCUT2D eigenvalue weighted by molar-refractivity contribution is -0.148. The van der Waals surface area contributed by atoms with E-state index < -0.39 is 81.7 Å². The summed E-state index contributed by atoms with van der Waals surface area (Å²) in [5.41, 5.74) is 6.30. The van der Waals surface area contributed by atoms with Crippen LogP contribution in [0.1, 0.15) is 73.9 Å². The number of esters is 1. The van der Waals surface area contributed by atoms with Crippen molar-refractivity contribution >= 4 is 53.1 Å². The molecule has 6 aromatic rings. The highest BCUT2D eigenvalue weighted by atomic mass is 32.2. The van der Waals surface area contributed by atoms with Gasteiger partial charge in [-0.05, 0) is 63.5 Å². The van der Waals surface area contributed by atoms with Crippen molar-refractivity contribution < 1.29 is 28.7 Å². The van der Waals surface area contributed by atoms with E-state index in [-0.39, 0.29) is 12.2 Å². The van der Waals surface area contributed by atoms with Crippen LogP contribution in [0.25, 0.3) is 0 Å². The predicted molar refractivity (Wildman–Crippen MR) is 290 cm³/mol. The molecule has 0 aromatic heterocycles. The van der Waals surface area contributed by atoms with Gasteiger partial charge >= 0.3 is 5.97 Å². The highest BCUT2D eigenvalue weighted by molar-refractivity contribution is 8.00. The molecule has 0 spiro atoms. The Morgan fingerprint density at radius 2 is 0.903 bits per heavy atom. The predicted octanol–water partition coefficient (Wildman–Crippen LogP) is 9.58. The van der Waals surface area contributed by atoms with Gasteiger partial charge in [-0.1, -0.05) is 216 Å². The van der Waals surface area contributed by atoms with Gasteiger partial charge in [-0.3, -0.25) is 24.0 Å². The topological polar surface area (TPSA) is 143 Å². The fraction of sp³-hybridized carbons (Fsp3) is 0.283. The molecule has 4 N–H and O–H groups in total. The van der Waals surface area contributed by atoms with Crippen molar-refractivity contribution in [3.63, 3.8) is 0 Å². The molecule has 372 valence electrons. The maximum Gasteiger partial charge on any atom is 0.326 e. The molecule has 7 rings (SSSR count). The normalized spacial score (nSPS) is 18.8. The maximum atomic E-state index is 14.6. The molecule has 4 amide bonds. The number of benzene rings is 6. The van der Waals surface area contributed by atoms with Crippen LogP contribution < -0.4 is 21.3 Å². The molecule has 1 aliphatic rings. The van der Waals surface area contributed by atoms with Gasteiger partial charge in [0, 0.05) is 5.75 Å². The summed E-state index contributed by atoms with van der Waals surface area (Å²) < 4.78 is 4.49. The lowest BCUT2D eigenvalue weighted by Gasteiger charge is -2.37. The van der Waals surface area contributed by atoms with Crippen LogP contribution in [0, 0.1) is 11.8 Å². The number of cyclic esters (lactones) is 1. The van der Waals surface area contributed by atoms with Crippen molar-refractivity contribution in [1.29, 1.82) is 0 Å². The van der Waals surface area contributed by atoms with Gasteiger partial charge in [0.05, 0.1) is 15.9 Å². The number of hydrogen-bond acceptors (Lipinski definition) is 8. The van der Waals surface area contributed by atoms with Gasteiger partial charge in [0.25, 0.3) is 0 Å². The van der Waals surface area contributed by atoms with Gasteiger partial charge in [0.1, 0.15) is 30.8 Å². The summed E-state index contributed by atoms with van der Waals surface area (Å²) >= 11 is 3.28. The quantitative estimate of drug-likeness (QED) is 0.0325. The average Bonchev–Trinajstić information content (AvgIpc) is 3.40. The van der Waals surface area contributed by atoms with Crippen molar-refractivity contribution in [2.45, 2.75) is 74.3 Å². The van der Waals surface area contributed by atoms with Crippen molar-refractivity contribution in [3.05, 3.63) is 228 Å². The van der Waals surface area contributed by atoms with Crippen LogP contribution in [0.2, 0.25) is 0 Å². The number of thioether (sulfide) groups is 2. The summed E-state index contributed by atoms with van der Waals surface area (Å²) in [5, 5.41) is 11.5. The molecule has 72 heavy (non-hydrogen) atoms. The molecule has 0 aliphatic carbocycles. The number of amides is 4. The molecule has 1 saturated heterocycles. The van der Waals surface area contributed by atoms with E-state index in [2.05, 4.69) is 94.1 Å². The fourth-order valence-electron chi connectivity index (χ4n) is 9.09. The van der Waals surface area contributed by atoms with Gasteiger partial charge in [-0.25, -0.2) is 0 Å². The molecule has 1 aliphatic heterocycles. The molecular weight excluding hydrogens is 937 g/mol. The third-order valence-electron chi connectivity index (χ3n) is 12.7. The van der Waals surface area contributed by atoms with E-state index in [0.29, 0.717) is 12.2 Å². The molecule has 1 heterocycles. The number of allylic oxidation sites excluding steroid dienone is 1. The van der Waals surface area contributed by atoms with Crippen molar-refractivity contribution in [2.75, 3.05) is 18.1 Å². The highest BCUT2D eigenvalue weighted by Gasteiger charge is 2.41. The third kappa shape index (κ3) is 13.0. The van der Waals surface area contributed by atoms with Crippen LogP contribution in [-0.4, -0.2) is 71.9 Å². The second kappa shape index (κ2) is 25.5. The summed E-state index contributed by atoms with van der Waals surface area (Å²) in [6.07, 6.45) is 2.87. The van der Waals surface area contributed by atoms with Gasteiger partial charge in [-0.15, -0.1) is 23.5 Å². The zero-order valence-electron chi connectivity index (χ0n) is 41.2. The Bertz CT molecular complexity index is 2530. The van der Waals surface area contributed by atoms with E-state index in [1.165, 1.54) is 11.8 Å². The molecule has 10 nitrogen and oxygen atoms in total. The van der Waals surface area contributed by atoms with Crippen molar-refractivity contribution in [2.24, 2.45) is 11.8 Å². The highest BCUT2D eigenvalue weighted by Crippen LogP contribution is 2.50. The second-order valence-electron chi connectivity index (χ2n) is 18.5. The molecule has 0 saturated carbocycles. The number of nitrogens with one attached hydrogen (secondary N) is 4. The van der Waals surface area contributed by atoms with Crippen LogP contribution in [0.4, 0.5) is 0 Å². The van der Waals surface area contributed by atoms with Crippen molar-refractivity contribution in [3.8, 4) is 0 Å². The SMILES string of the molecule is CC(C)[C@H]1NC(=O)C[C@@H](/C=C/CCSC(c2ccccc2)(c2ccccc2)c2ccccc2)OC(=O)CNC(=O)[C@@H](C(C)C)NC(=O)[C@@H](CSC(c2ccccc2)(c2ccccc2)c2ccccc2)NC1=O. The Hall–Kier alpha value is -6.89. The first-order valence-electron chi connectivity index (χ1n) is 24.6. The Morgan fingerprint density at radius 1 is 0.514 bits per heavy atom. The first kappa shape index (κ1) is 52.9. The molecule has 0 unspecified atom stereocenters. The largest absolute Gasteiger partial charge is 0.456 e. The zero-order chi connectivity index (χ0) is 50.9. The van der Waals surface area contributed by atoms with E-state index in [1.54, 1.807) is 31.7 Å². The van der Waals surface area contributed by atoms with E-state index >= 15 is 0 Å². The monoisotopic (exact) mass is 1000 g/mol. The van der Waals surface area contributed by atoms with E-state index in [0.717, 1.165) is 33.4 Å². The number of hydrogen-bond donors (Lipinski definition) is 4. The van der Waals surface area contributed by atoms with Gasteiger partial charge in [0.15, 0.2) is 0 Å². The summed E-state index contributed by atoms with van der Waals surface area (Å²) in [6.45, 7) is 6.72. The summed E-state index contributed by atoms with van der Waals surface area (Å²) in [6, 6.07) is 57.9. The molecule has 1 fully saturated rings. The Kier molecular flexibility index (Phi) is 18.7. The van der Waals surface area contributed by atoms with E-state index in [4.69, 9.17) is 4.74 Å². The molecule has 12 heteroatoms. The van der Waals surface area contributed by atoms with Gasteiger partial charge in [0.2, 0.25) is 23.6 Å². The Balaban J connectivity index is 1.15. The fourth-order valence-corrected chi connectivity index (χ4v) is 12.1. The summed E-state index contributed by atoms with van der Waals surface area (Å²) in [4.78, 5) is 70.5. The van der Waals surface area contributed by atoms with Crippen LogP contribution in [0.3, 0.4) is 0 Å². The molecule has 4 atom stereocenters. The summed E-state index contributed by atoms with van der Waals surface area (Å²) in [7, 11) is 0. The number of carbonyl (C=O) groups is 5. The number of rotatable bonds is 16. The minimum Gasteiger partial charge on any atom is -0.456 e. The first-order chi connectivity index (χ1) is 34.9. The van der Waals surface area contributed by atoms with Gasteiger partial charge < -0.3 is 26.0 Å². The molecular formula is C60H64N4O6S2. The lowest BCUT2D eigenvalue weighted by atomic mass is 9.84. The maximum absolute atomic E-state index is 14.6. The van der Waals surface area contributed by atoms with Gasteiger partial charge in [-0.2, -0.15) is 0 Å². The second-order valence-corrected chi connectivity index (χ2v) is 21.0. The standard InChI is InChI=1S/C60H64N4O6S2/c1-42(2)54-57(68)61-40-53(66)70-50(37-23-24-38-71-59(44-25-11-5-12-26-44,45-27-13-6-14-28-45)46-29-15-7-16-30-46)39-52(65)63-55(43(3)4)58(69)62-51(56(67)64-54)41-72-60(47-31-17-8-18-32-47,48-33-19-9-20-34-48)49-35-21-10-22-36-49/h5-23,25-37,42-43,50-51,54-55H,24,38-41H2,1-4H3,(H,61,68)(H,62,69)(H,63,65)(H,64,67)/b37-23+/t50-,51-,54-,55-/m1/s1. The van der Waals surface area contributed by atoms with Crippen molar-refractivity contribution in [1.82, 2.24) is 21.3 Å². The minimum atomic E-state index is -1.17. The molecule has 0 radical (unpaired) electrons. The molecule has 0 bridgehead atoms. The van der Waals surface area contributed by atoms with Crippen LogP contribution in [0.5, 0.6) is 0 Å². The lowest BCUT2D eigenvalue weighted by Crippen LogP contribution is -2.59. The van der Waals surface area contributed by atoms with Crippen LogP contribution in [0.15, 0.2) is 194 Å². The Labute approximate surface area is 432 Å². The average molecular weight is 1000 g/mol. The Morgan fingerprint density at radius 3 is 1.31 bits per heavy atom. The van der Waals surface area contributed by atoms with E-state index in [1.807, 2.05) is 129 Å². The van der Waals surface area contributed by atoms with Crippen LogP contribution >= 0.6 is 23.5 Å².